The summed E-state index contributed by atoms with van der Waals surface area (Å²) < 4.78 is 3.44. The Balaban J connectivity index is 2.77. The van der Waals surface area contributed by atoms with Crippen LogP contribution in [0.2, 0.25) is 0 Å². The normalized spacial score (nSPS) is 12.2. The van der Waals surface area contributed by atoms with E-state index in [-0.39, 0.29) is 17.4 Å². The summed E-state index contributed by atoms with van der Waals surface area (Å²) in [5.74, 6) is 0.332. The van der Waals surface area contributed by atoms with E-state index in [4.69, 9.17) is 51.8 Å². The lowest BCUT2D eigenvalue weighted by Crippen LogP contribution is -2.56. The molecule has 0 heterocycles. The Hall–Kier alpha value is -0.950. The average Bonchev–Trinajstić information content (AvgIpc) is 2.45. The van der Waals surface area contributed by atoms with Gasteiger partial charge in [0.25, 0.3) is 0 Å². The van der Waals surface area contributed by atoms with Crippen molar-refractivity contribution in [1.82, 2.24) is 10.6 Å². The van der Waals surface area contributed by atoms with Crippen LogP contribution in [0.15, 0.2) is 24.3 Å². The molecule has 0 bridgehead atoms. The average molecular weight is 385 g/mol. The zero-order valence-electron chi connectivity index (χ0n) is 12.0. The van der Waals surface area contributed by atoms with Crippen molar-refractivity contribution in [3.63, 3.8) is 0 Å². The number of hydrogen-bond acceptors (Lipinski definition) is 3. The van der Waals surface area contributed by atoms with Gasteiger partial charge in [-0.2, -0.15) is 0 Å². The topological polar surface area (TPSA) is 62.4 Å². The second-order valence-electron chi connectivity index (χ2n) is 4.19. The maximum absolute atomic E-state index is 11.5. The van der Waals surface area contributed by atoms with E-state index in [9.17, 15) is 4.79 Å². The fourth-order valence-corrected chi connectivity index (χ4v) is 2.06. The van der Waals surface area contributed by atoms with Gasteiger partial charge in [0.2, 0.25) is 9.70 Å². The smallest absolute Gasteiger partial charge is 0.228 e. The Labute approximate surface area is 149 Å². The molecule has 0 spiro atoms. The molecule has 1 rings (SSSR count). The molecule has 0 saturated heterocycles. The quantitative estimate of drug-likeness (QED) is 0.413. The van der Waals surface area contributed by atoms with Crippen LogP contribution in [-0.4, -0.2) is 28.1 Å². The third-order valence-corrected chi connectivity index (χ3v) is 3.46. The van der Waals surface area contributed by atoms with E-state index in [0.29, 0.717) is 11.4 Å². The van der Waals surface area contributed by atoms with E-state index in [1.54, 1.807) is 26.2 Å². The third-order valence-electron chi connectivity index (χ3n) is 2.58. The lowest BCUT2D eigenvalue weighted by atomic mass is 10.3. The van der Waals surface area contributed by atoms with Crippen LogP contribution in [0.1, 0.15) is 13.3 Å². The first kappa shape index (κ1) is 19.1. The van der Waals surface area contributed by atoms with Crippen molar-refractivity contribution in [2.24, 2.45) is 0 Å². The van der Waals surface area contributed by atoms with Crippen molar-refractivity contribution in [3.8, 4) is 5.75 Å². The summed E-state index contributed by atoms with van der Waals surface area (Å²) in [6.45, 7) is 1.69. The Bertz CT molecular complexity index is 538. The number of alkyl halides is 3. The predicted octanol–water partition coefficient (Wildman–Crippen LogP) is 3.20. The molecule has 1 atom stereocenters. The molecular weight excluding hydrogens is 369 g/mol. The third kappa shape index (κ3) is 6.04. The fourth-order valence-electron chi connectivity index (χ4n) is 1.50. The number of hydrogen-bond donors (Lipinski definition) is 3. The molecule has 0 fully saturated rings. The van der Waals surface area contributed by atoms with Crippen LogP contribution in [0, 0.1) is 0 Å². The van der Waals surface area contributed by atoms with Crippen LogP contribution in [0.5, 0.6) is 5.75 Å². The Kier molecular flexibility index (Phi) is 7.48. The summed E-state index contributed by atoms with van der Waals surface area (Å²) in [4.78, 5) is 11.5. The van der Waals surface area contributed by atoms with Gasteiger partial charge in [0.05, 0.1) is 12.8 Å². The minimum atomic E-state index is -1.77. The van der Waals surface area contributed by atoms with Crippen LogP contribution in [0.4, 0.5) is 5.69 Å². The second kappa shape index (κ2) is 8.62. The minimum Gasteiger partial charge on any atom is -0.495 e. The molecule has 1 aromatic carbocycles. The zero-order chi connectivity index (χ0) is 16.8. The van der Waals surface area contributed by atoms with Gasteiger partial charge in [-0.3, -0.25) is 4.79 Å². The molecule has 0 unspecified atom stereocenters. The highest BCUT2D eigenvalue weighted by Gasteiger charge is 2.34. The number of carbonyl (C=O) groups is 1. The van der Waals surface area contributed by atoms with Gasteiger partial charge in [-0.15, -0.1) is 0 Å². The highest BCUT2D eigenvalue weighted by molar-refractivity contribution is 7.80. The fraction of sp³-hybridized carbons (Fsp3) is 0.385. The van der Waals surface area contributed by atoms with Crippen LogP contribution in [-0.2, 0) is 4.79 Å². The highest BCUT2D eigenvalue weighted by Crippen LogP contribution is 2.29. The zero-order valence-corrected chi connectivity index (χ0v) is 15.0. The van der Waals surface area contributed by atoms with Crippen molar-refractivity contribution in [3.05, 3.63) is 24.3 Å². The summed E-state index contributed by atoms with van der Waals surface area (Å²) in [7, 11) is 1.54. The van der Waals surface area contributed by atoms with Gasteiger partial charge in [-0.1, -0.05) is 53.9 Å². The van der Waals surface area contributed by atoms with Crippen LogP contribution in [0.25, 0.3) is 0 Å². The number of rotatable bonds is 5. The molecule has 1 aromatic rings. The van der Waals surface area contributed by atoms with Gasteiger partial charge in [-0.05, 0) is 24.4 Å². The number of para-hydroxylation sites is 2. The number of benzene rings is 1. The van der Waals surface area contributed by atoms with E-state index in [2.05, 4.69) is 16.0 Å². The van der Waals surface area contributed by atoms with E-state index in [0.717, 1.165) is 0 Å². The summed E-state index contributed by atoms with van der Waals surface area (Å²) in [5.41, 5.74) is 0.646. The maximum atomic E-state index is 11.5. The van der Waals surface area contributed by atoms with Crippen molar-refractivity contribution in [2.75, 3.05) is 12.4 Å². The molecule has 0 radical (unpaired) electrons. The van der Waals surface area contributed by atoms with E-state index >= 15 is 0 Å². The Morgan fingerprint density at radius 2 is 1.95 bits per heavy atom. The van der Waals surface area contributed by atoms with Crippen molar-refractivity contribution >= 4 is 63.7 Å². The van der Waals surface area contributed by atoms with Crippen molar-refractivity contribution in [2.45, 2.75) is 23.3 Å². The molecule has 5 nitrogen and oxygen atoms in total. The number of carbonyl (C=O) groups excluding carboxylic acids is 1. The molecule has 122 valence electrons. The summed E-state index contributed by atoms with van der Waals surface area (Å²) >= 11 is 22.7. The number of ether oxygens (including phenoxy) is 1. The largest absolute Gasteiger partial charge is 0.495 e. The first-order valence-electron chi connectivity index (χ1n) is 6.34. The number of amides is 1. The van der Waals surface area contributed by atoms with Gasteiger partial charge in [0.1, 0.15) is 11.9 Å². The van der Waals surface area contributed by atoms with Gasteiger partial charge in [-0.25, -0.2) is 0 Å². The standard InChI is InChI=1S/C13H16Cl3N3O2S/c1-3-10(20)18-11(13(14,15)16)19-12(22)17-8-6-4-5-7-9(8)21-2/h4-7,11H,3H2,1-2H3,(H,18,20)(H2,17,19,22)/t11-/m0/s1. The first-order chi connectivity index (χ1) is 10.3. The number of methoxy groups -OCH3 is 1. The van der Waals surface area contributed by atoms with Crippen molar-refractivity contribution < 1.29 is 9.53 Å². The number of thiocarbonyl (C=S) groups is 1. The molecule has 1 amide bonds. The number of anilines is 1. The molecule has 0 aromatic heterocycles. The molecule has 9 heteroatoms. The van der Waals surface area contributed by atoms with E-state index in [1.807, 2.05) is 12.1 Å². The lowest BCUT2D eigenvalue weighted by molar-refractivity contribution is -0.121. The minimum absolute atomic E-state index is 0.178. The molecule has 0 aliphatic rings. The first-order valence-corrected chi connectivity index (χ1v) is 7.88. The van der Waals surface area contributed by atoms with Gasteiger partial charge < -0.3 is 20.7 Å². The van der Waals surface area contributed by atoms with Crippen LogP contribution in [0.3, 0.4) is 0 Å². The summed E-state index contributed by atoms with van der Waals surface area (Å²) in [6, 6.07) is 7.20. The molecule has 22 heavy (non-hydrogen) atoms. The monoisotopic (exact) mass is 383 g/mol. The second-order valence-corrected chi connectivity index (χ2v) is 6.97. The Morgan fingerprint density at radius 1 is 1.32 bits per heavy atom. The summed E-state index contributed by atoms with van der Waals surface area (Å²) in [6.07, 6.45) is -0.717. The molecule has 0 saturated carbocycles. The molecule has 3 N–H and O–H groups in total. The van der Waals surface area contributed by atoms with Crippen LogP contribution < -0.4 is 20.7 Å². The van der Waals surface area contributed by atoms with Gasteiger partial charge in [0.15, 0.2) is 5.11 Å². The predicted molar refractivity (Wildman–Crippen MR) is 94.9 cm³/mol. The number of nitrogens with one attached hydrogen (secondary N) is 3. The summed E-state index contributed by atoms with van der Waals surface area (Å²) in [5, 5.41) is 8.41. The van der Waals surface area contributed by atoms with Gasteiger partial charge in [0, 0.05) is 6.42 Å². The van der Waals surface area contributed by atoms with E-state index in [1.165, 1.54) is 0 Å². The molecular formula is C13H16Cl3N3O2S. The molecule has 0 aliphatic heterocycles. The molecule has 0 aliphatic carbocycles. The number of halogens is 3. The Morgan fingerprint density at radius 3 is 2.50 bits per heavy atom. The van der Waals surface area contributed by atoms with Gasteiger partial charge >= 0.3 is 0 Å². The lowest BCUT2D eigenvalue weighted by Gasteiger charge is -2.27. The van der Waals surface area contributed by atoms with Crippen LogP contribution >= 0.6 is 47.0 Å². The van der Waals surface area contributed by atoms with E-state index < -0.39 is 9.96 Å². The maximum Gasteiger partial charge on any atom is 0.228 e. The SMILES string of the molecule is CCC(=O)N[C@@H](NC(=S)Nc1ccccc1OC)C(Cl)(Cl)Cl. The van der Waals surface area contributed by atoms with Crippen molar-refractivity contribution in [1.29, 1.82) is 0 Å². The highest BCUT2D eigenvalue weighted by atomic mass is 35.6.